The summed E-state index contributed by atoms with van der Waals surface area (Å²) in [6, 6.07) is 6.48. The molecule has 0 saturated carbocycles. The average Bonchev–Trinajstić information content (AvgIpc) is 2.94. The van der Waals surface area contributed by atoms with Crippen LogP contribution in [0.1, 0.15) is 26.1 Å². The Labute approximate surface area is 157 Å². The monoisotopic (exact) mass is 372 g/mol. The van der Waals surface area contributed by atoms with Crippen molar-refractivity contribution in [3.63, 3.8) is 0 Å². The van der Waals surface area contributed by atoms with Crippen LogP contribution in [0.4, 0.5) is 10.2 Å². The Morgan fingerprint density at radius 1 is 1.31 bits per heavy atom. The number of fused-ring (bicyclic) bond motifs is 1. The summed E-state index contributed by atoms with van der Waals surface area (Å²) in [5.74, 6) is 1.66. The van der Waals surface area contributed by atoms with Gasteiger partial charge in [0, 0.05) is 23.3 Å². The predicted octanol–water partition coefficient (Wildman–Crippen LogP) is 4.43. The normalized spacial score (nSPS) is 21.2. The van der Waals surface area contributed by atoms with Gasteiger partial charge in [-0.2, -0.15) is 0 Å². The van der Waals surface area contributed by atoms with Gasteiger partial charge in [-0.25, -0.2) is 9.37 Å². The number of rotatable bonds is 3. The van der Waals surface area contributed by atoms with Crippen LogP contribution < -0.4 is 10.6 Å². The van der Waals surface area contributed by atoms with Gasteiger partial charge in [-0.3, -0.25) is 0 Å². The molecule has 1 atom stereocenters. The Hall–Kier alpha value is -2.11. The summed E-state index contributed by atoms with van der Waals surface area (Å²) >= 11 is 6.14. The summed E-state index contributed by atoms with van der Waals surface area (Å²) < 4.78 is 15.6. The third-order valence-electron chi connectivity index (χ3n) is 4.75. The van der Waals surface area contributed by atoms with Crippen molar-refractivity contribution in [2.75, 3.05) is 5.32 Å². The van der Waals surface area contributed by atoms with Crippen LogP contribution in [0.2, 0.25) is 0 Å². The first-order valence-corrected chi connectivity index (χ1v) is 9.25. The quantitative estimate of drug-likeness (QED) is 0.783. The summed E-state index contributed by atoms with van der Waals surface area (Å²) in [6.07, 6.45) is 6.88. The Bertz CT molecular complexity index is 880. The highest BCUT2D eigenvalue weighted by molar-refractivity contribution is 6.22. The van der Waals surface area contributed by atoms with E-state index in [2.05, 4.69) is 35.1 Å². The van der Waals surface area contributed by atoms with Crippen molar-refractivity contribution in [1.29, 1.82) is 0 Å². The van der Waals surface area contributed by atoms with Crippen LogP contribution in [0, 0.1) is 5.82 Å². The number of nitrogens with one attached hydrogen (secondary N) is 2. The maximum Gasteiger partial charge on any atom is 0.138 e. The number of aromatic nitrogens is 2. The van der Waals surface area contributed by atoms with Gasteiger partial charge in [-0.1, -0.05) is 12.2 Å². The van der Waals surface area contributed by atoms with Crippen LogP contribution in [-0.4, -0.2) is 20.5 Å². The van der Waals surface area contributed by atoms with Gasteiger partial charge >= 0.3 is 0 Å². The molecule has 136 valence electrons. The van der Waals surface area contributed by atoms with E-state index in [1.807, 2.05) is 12.2 Å². The maximum atomic E-state index is 13.4. The van der Waals surface area contributed by atoms with Gasteiger partial charge < -0.3 is 15.2 Å². The van der Waals surface area contributed by atoms with Crippen molar-refractivity contribution in [1.82, 2.24) is 14.9 Å². The van der Waals surface area contributed by atoms with Crippen molar-refractivity contribution >= 4 is 17.4 Å². The Kier molecular flexibility index (Phi) is 4.37. The second-order valence-corrected chi connectivity index (χ2v) is 8.01. The van der Waals surface area contributed by atoms with E-state index in [1.165, 1.54) is 12.1 Å². The third-order valence-corrected chi connectivity index (χ3v) is 5.08. The minimum atomic E-state index is -0.249. The second kappa shape index (κ2) is 6.56. The number of hydrogen-bond donors (Lipinski definition) is 2. The van der Waals surface area contributed by atoms with Crippen molar-refractivity contribution in [3.05, 3.63) is 59.8 Å². The fourth-order valence-corrected chi connectivity index (χ4v) is 3.50. The molecular weight excluding hydrogens is 351 g/mol. The Morgan fingerprint density at radius 2 is 2.08 bits per heavy atom. The summed E-state index contributed by atoms with van der Waals surface area (Å²) in [5.41, 5.74) is 2.71. The van der Waals surface area contributed by atoms with Gasteiger partial charge in [-0.15, -0.1) is 11.6 Å². The predicted molar refractivity (Wildman–Crippen MR) is 104 cm³/mol. The first-order valence-electron chi connectivity index (χ1n) is 8.81. The molecule has 2 heterocycles. The highest BCUT2D eigenvalue weighted by Gasteiger charge is 2.29. The molecule has 1 aromatic heterocycles. The second-order valence-electron chi connectivity index (χ2n) is 7.45. The number of hydrogen-bond acceptors (Lipinski definition) is 3. The summed E-state index contributed by atoms with van der Waals surface area (Å²) in [7, 11) is 0. The van der Waals surface area contributed by atoms with E-state index < -0.39 is 0 Å². The minimum absolute atomic E-state index is 0.0256. The molecule has 2 N–H and O–H groups in total. The number of benzene rings is 1. The lowest BCUT2D eigenvalue weighted by molar-refractivity contribution is 0.292. The lowest BCUT2D eigenvalue weighted by Gasteiger charge is -2.33. The number of halogens is 2. The van der Waals surface area contributed by atoms with Gasteiger partial charge in [0.05, 0.1) is 11.9 Å². The van der Waals surface area contributed by atoms with E-state index in [0.717, 1.165) is 41.6 Å². The lowest BCUT2D eigenvalue weighted by Crippen LogP contribution is -2.47. The maximum absolute atomic E-state index is 13.4. The molecule has 0 fully saturated rings. The molecule has 1 unspecified atom stereocenters. The van der Waals surface area contributed by atoms with E-state index in [9.17, 15) is 4.39 Å². The van der Waals surface area contributed by atoms with Crippen LogP contribution in [0.3, 0.4) is 0 Å². The van der Waals surface area contributed by atoms with E-state index in [1.54, 1.807) is 12.1 Å². The Morgan fingerprint density at radius 3 is 2.77 bits per heavy atom. The first-order chi connectivity index (χ1) is 12.4. The topological polar surface area (TPSA) is 41.9 Å². The van der Waals surface area contributed by atoms with Crippen molar-refractivity contribution in [3.8, 4) is 11.3 Å². The molecule has 6 heteroatoms. The number of nitrogens with zero attached hydrogens (tertiary/aromatic N) is 2. The number of imidazole rings is 1. The number of anilines is 1. The molecule has 0 bridgehead atoms. The smallest absolute Gasteiger partial charge is 0.138 e. The fraction of sp³-hybridized carbons (Fsp3) is 0.350. The van der Waals surface area contributed by atoms with Crippen LogP contribution in [0.15, 0.2) is 48.2 Å². The van der Waals surface area contributed by atoms with Crippen LogP contribution >= 0.6 is 11.6 Å². The SMILES string of the molecule is CC1(C)Cn2c(nc(-c3ccc(F)cc3)c2NC2=CCC(Cl)C=C2)CN1. The number of alkyl halides is 1. The van der Waals surface area contributed by atoms with Gasteiger partial charge in [0.2, 0.25) is 0 Å². The molecule has 2 aromatic rings. The highest BCUT2D eigenvalue weighted by Crippen LogP contribution is 2.33. The summed E-state index contributed by atoms with van der Waals surface area (Å²) in [6.45, 7) is 5.85. The van der Waals surface area contributed by atoms with Gasteiger partial charge in [0.15, 0.2) is 0 Å². The zero-order valence-corrected chi connectivity index (χ0v) is 15.6. The van der Waals surface area contributed by atoms with Crippen molar-refractivity contribution < 1.29 is 4.39 Å². The molecule has 2 aliphatic rings. The molecule has 1 aromatic carbocycles. The van der Waals surface area contributed by atoms with Gasteiger partial charge in [0.25, 0.3) is 0 Å². The van der Waals surface area contributed by atoms with Crippen LogP contribution in [0.5, 0.6) is 0 Å². The minimum Gasteiger partial charge on any atom is -0.340 e. The molecular formula is C20H22ClFN4. The zero-order chi connectivity index (χ0) is 18.3. The van der Waals surface area contributed by atoms with E-state index in [4.69, 9.17) is 16.6 Å². The molecule has 26 heavy (non-hydrogen) atoms. The zero-order valence-electron chi connectivity index (χ0n) is 14.9. The third kappa shape index (κ3) is 3.41. The molecule has 4 nitrogen and oxygen atoms in total. The lowest BCUT2D eigenvalue weighted by atomic mass is 10.0. The van der Waals surface area contributed by atoms with E-state index >= 15 is 0 Å². The Balaban J connectivity index is 1.77. The molecule has 4 rings (SSSR count). The molecule has 1 aliphatic heterocycles. The molecule has 0 radical (unpaired) electrons. The first kappa shape index (κ1) is 17.3. The molecule has 1 aliphatic carbocycles. The fourth-order valence-electron chi connectivity index (χ4n) is 3.33. The van der Waals surface area contributed by atoms with Gasteiger partial charge in [-0.05, 0) is 50.6 Å². The standard InChI is InChI=1S/C20H22ClFN4/c1-20(2)12-26-17(11-23-20)25-18(13-3-7-15(22)8-4-13)19(26)24-16-9-5-14(21)6-10-16/h3-5,7-10,14,23-24H,6,11-12H2,1-2H3. The summed E-state index contributed by atoms with van der Waals surface area (Å²) in [4.78, 5) is 4.83. The van der Waals surface area contributed by atoms with Crippen LogP contribution in [-0.2, 0) is 13.1 Å². The van der Waals surface area contributed by atoms with Crippen molar-refractivity contribution in [2.24, 2.45) is 0 Å². The largest absolute Gasteiger partial charge is 0.340 e. The average molecular weight is 373 g/mol. The number of allylic oxidation sites excluding steroid dienone is 3. The van der Waals surface area contributed by atoms with E-state index in [-0.39, 0.29) is 16.7 Å². The highest BCUT2D eigenvalue weighted by atomic mass is 35.5. The molecule has 0 saturated heterocycles. The van der Waals surface area contributed by atoms with Crippen molar-refractivity contribution in [2.45, 2.75) is 44.3 Å². The van der Waals surface area contributed by atoms with Crippen LogP contribution in [0.25, 0.3) is 11.3 Å². The molecule has 0 spiro atoms. The van der Waals surface area contributed by atoms with Gasteiger partial charge in [0.1, 0.15) is 23.2 Å². The van der Waals surface area contributed by atoms with E-state index in [0.29, 0.717) is 6.54 Å². The summed E-state index contributed by atoms with van der Waals surface area (Å²) in [5, 5.41) is 7.07. The molecule has 0 amide bonds.